The van der Waals surface area contributed by atoms with Gasteiger partial charge in [0.1, 0.15) is 0 Å². The van der Waals surface area contributed by atoms with Crippen LogP contribution in [0.1, 0.15) is 25.0 Å². The van der Waals surface area contributed by atoms with Gasteiger partial charge in [0.15, 0.2) is 5.82 Å². The van der Waals surface area contributed by atoms with Gasteiger partial charge in [-0.25, -0.2) is 9.97 Å². The second-order valence-electron chi connectivity index (χ2n) is 16.9. The predicted octanol–water partition coefficient (Wildman–Crippen LogP) is 15.7. The Balaban J connectivity index is 1.02. The third kappa shape index (κ3) is 5.56. The van der Waals surface area contributed by atoms with Crippen LogP contribution in [0.5, 0.6) is 0 Å². The van der Waals surface area contributed by atoms with Crippen LogP contribution in [-0.4, -0.2) is 9.97 Å². The Morgan fingerprint density at radius 3 is 1.46 bits per heavy atom. The molecule has 1 aromatic heterocycles. The number of nitrogens with zero attached hydrogens (tertiary/aromatic N) is 2. The minimum absolute atomic E-state index is 0.177. The Morgan fingerprint density at radius 2 is 0.770 bits per heavy atom. The zero-order valence-corrected chi connectivity index (χ0v) is 34.0. The van der Waals surface area contributed by atoms with Crippen LogP contribution in [-0.2, 0) is 5.41 Å². The largest absolute Gasteiger partial charge is 0.228 e. The SMILES string of the molecule is CC1(C)c2c(cccc2-c2ccc(-c3ccc(-c4cc(-c5ccc6ccccc6c5)nc(-c5ccccc5)n4)c4ccccc34)c3ccccc23)-c2ccc3ccccc3c21. The van der Waals surface area contributed by atoms with Crippen LogP contribution in [0.4, 0.5) is 0 Å². The van der Waals surface area contributed by atoms with E-state index in [9.17, 15) is 0 Å². The Labute approximate surface area is 355 Å². The topological polar surface area (TPSA) is 25.8 Å². The summed E-state index contributed by atoms with van der Waals surface area (Å²) in [6, 6.07) is 74.9. The molecule has 2 nitrogen and oxygen atoms in total. The van der Waals surface area contributed by atoms with Crippen molar-refractivity contribution in [3.63, 3.8) is 0 Å². The molecule has 0 bridgehead atoms. The van der Waals surface area contributed by atoms with E-state index in [-0.39, 0.29) is 5.41 Å². The highest BCUT2D eigenvalue weighted by atomic mass is 14.9. The van der Waals surface area contributed by atoms with E-state index in [4.69, 9.17) is 9.97 Å². The van der Waals surface area contributed by atoms with Crippen molar-refractivity contribution in [2.45, 2.75) is 19.3 Å². The summed E-state index contributed by atoms with van der Waals surface area (Å²) in [6.45, 7) is 4.81. The average molecular weight is 777 g/mol. The lowest BCUT2D eigenvalue weighted by Crippen LogP contribution is -2.17. The summed E-state index contributed by atoms with van der Waals surface area (Å²) >= 11 is 0. The molecule has 0 saturated carbocycles. The van der Waals surface area contributed by atoms with Crippen LogP contribution in [0, 0.1) is 0 Å². The molecular weight excluding hydrogens is 737 g/mol. The molecule has 10 aromatic carbocycles. The molecule has 0 N–H and O–H groups in total. The third-order valence-corrected chi connectivity index (χ3v) is 13.0. The van der Waals surface area contributed by atoms with Crippen molar-refractivity contribution in [3.8, 4) is 67.3 Å². The van der Waals surface area contributed by atoms with Gasteiger partial charge in [0.25, 0.3) is 0 Å². The first-order valence-electron chi connectivity index (χ1n) is 21.2. The van der Waals surface area contributed by atoms with Crippen LogP contribution < -0.4 is 0 Å². The molecule has 2 heteroatoms. The smallest absolute Gasteiger partial charge is 0.160 e. The summed E-state index contributed by atoms with van der Waals surface area (Å²) in [6.07, 6.45) is 0. The first-order valence-corrected chi connectivity index (χ1v) is 21.2. The maximum Gasteiger partial charge on any atom is 0.160 e. The molecule has 286 valence electrons. The van der Waals surface area contributed by atoms with Gasteiger partial charge in [-0.05, 0) is 99.7 Å². The fraction of sp³-hybridized carbons (Fsp3) is 0.0508. The summed E-state index contributed by atoms with van der Waals surface area (Å²) in [7, 11) is 0. The van der Waals surface area contributed by atoms with E-state index in [0.717, 1.165) is 33.5 Å². The predicted molar refractivity (Wildman–Crippen MR) is 257 cm³/mol. The molecule has 0 atom stereocenters. The summed E-state index contributed by atoms with van der Waals surface area (Å²) in [5.41, 5.74) is 15.2. The number of rotatable bonds is 5. The van der Waals surface area contributed by atoms with Crippen LogP contribution in [0.2, 0.25) is 0 Å². The van der Waals surface area contributed by atoms with Gasteiger partial charge in [0.2, 0.25) is 0 Å². The van der Waals surface area contributed by atoms with Crippen molar-refractivity contribution in [1.29, 1.82) is 0 Å². The molecule has 0 saturated heterocycles. The van der Waals surface area contributed by atoms with E-state index in [1.165, 1.54) is 82.2 Å². The van der Waals surface area contributed by atoms with E-state index in [0.29, 0.717) is 5.82 Å². The van der Waals surface area contributed by atoms with Crippen LogP contribution in [0.3, 0.4) is 0 Å². The highest BCUT2D eigenvalue weighted by molar-refractivity contribution is 6.13. The van der Waals surface area contributed by atoms with Gasteiger partial charge in [0, 0.05) is 22.1 Å². The van der Waals surface area contributed by atoms with Gasteiger partial charge in [-0.2, -0.15) is 0 Å². The molecule has 0 radical (unpaired) electrons. The first-order chi connectivity index (χ1) is 30.0. The Hall–Kier alpha value is -7.68. The van der Waals surface area contributed by atoms with Crippen molar-refractivity contribution >= 4 is 43.1 Å². The van der Waals surface area contributed by atoms with Gasteiger partial charge in [-0.15, -0.1) is 0 Å². The Kier molecular flexibility index (Phi) is 7.92. The molecule has 0 unspecified atom stereocenters. The van der Waals surface area contributed by atoms with Crippen molar-refractivity contribution in [3.05, 3.63) is 217 Å². The summed E-state index contributed by atoms with van der Waals surface area (Å²) in [4.78, 5) is 10.4. The highest BCUT2D eigenvalue weighted by Gasteiger charge is 2.39. The minimum atomic E-state index is -0.177. The fourth-order valence-corrected chi connectivity index (χ4v) is 10.3. The van der Waals surface area contributed by atoms with Gasteiger partial charge in [-0.1, -0.05) is 208 Å². The molecule has 1 aliphatic rings. The number of hydrogen-bond donors (Lipinski definition) is 0. The summed E-state index contributed by atoms with van der Waals surface area (Å²) in [5.74, 6) is 0.711. The second kappa shape index (κ2) is 13.7. The molecule has 12 rings (SSSR count). The van der Waals surface area contributed by atoms with Crippen molar-refractivity contribution in [2.24, 2.45) is 0 Å². The summed E-state index contributed by atoms with van der Waals surface area (Å²) in [5, 5.41) is 9.86. The minimum Gasteiger partial charge on any atom is -0.228 e. The maximum absolute atomic E-state index is 5.27. The number of aromatic nitrogens is 2. The van der Waals surface area contributed by atoms with E-state index in [1.807, 2.05) is 18.2 Å². The molecule has 1 aliphatic carbocycles. The van der Waals surface area contributed by atoms with Gasteiger partial charge >= 0.3 is 0 Å². The van der Waals surface area contributed by atoms with Gasteiger partial charge in [-0.3, -0.25) is 0 Å². The first kappa shape index (κ1) is 35.3. The van der Waals surface area contributed by atoms with Crippen molar-refractivity contribution < 1.29 is 0 Å². The fourth-order valence-electron chi connectivity index (χ4n) is 10.3. The number of benzene rings is 10. The van der Waals surface area contributed by atoms with E-state index in [2.05, 4.69) is 202 Å². The van der Waals surface area contributed by atoms with Crippen LogP contribution >= 0.6 is 0 Å². The van der Waals surface area contributed by atoms with E-state index in [1.54, 1.807) is 0 Å². The lowest BCUT2D eigenvalue weighted by molar-refractivity contribution is 0.668. The lowest BCUT2D eigenvalue weighted by Gasteiger charge is -2.26. The molecule has 0 spiro atoms. The quantitative estimate of drug-likeness (QED) is 0.174. The second-order valence-corrected chi connectivity index (χ2v) is 16.9. The third-order valence-electron chi connectivity index (χ3n) is 13.0. The lowest BCUT2D eigenvalue weighted by atomic mass is 9.76. The highest BCUT2D eigenvalue weighted by Crippen LogP contribution is 2.55. The van der Waals surface area contributed by atoms with Crippen molar-refractivity contribution in [1.82, 2.24) is 9.97 Å². The average Bonchev–Trinajstić information content (AvgIpc) is 3.57. The van der Waals surface area contributed by atoms with Crippen molar-refractivity contribution in [2.75, 3.05) is 0 Å². The number of hydrogen-bond acceptors (Lipinski definition) is 2. The zero-order valence-electron chi connectivity index (χ0n) is 34.0. The molecule has 0 amide bonds. The molecule has 1 heterocycles. The van der Waals surface area contributed by atoms with Gasteiger partial charge in [0.05, 0.1) is 11.4 Å². The molecule has 61 heavy (non-hydrogen) atoms. The zero-order chi connectivity index (χ0) is 40.7. The van der Waals surface area contributed by atoms with E-state index < -0.39 is 0 Å². The monoisotopic (exact) mass is 776 g/mol. The van der Waals surface area contributed by atoms with Gasteiger partial charge < -0.3 is 0 Å². The Bertz CT molecular complexity index is 3560. The molecule has 11 aromatic rings. The summed E-state index contributed by atoms with van der Waals surface area (Å²) < 4.78 is 0. The maximum atomic E-state index is 5.27. The Morgan fingerprint density at radius 1 is 0.295 bits per heavy atom. The number of fused-ring (bicyclic) bond motifs is 8. The van der Waals surface area contributed by atoms with Crippen LogP contribution in [0.15, 0.2) is 206 Å². The standard InChI is InChI=1S/C59H40N2/c1-59(2)56-42-20-9-8-16-38(42)29-30-53(56)52-26-14-25-51(57(52)59)49-32-31-47(43-21-10-11-22-44(43)49)48-33-34-50(46-24-13-12-23-45(46)48)55-36-54(60-58(61-55)39-17-4-3-5-18-39)41-28-27-37-15-6-7-19-40(37)35-41/h3-36H,1-2H3. The van der Waals surface area contributed by atoms with E-state index >= 15 is 0 Å². The normalized spacial score (nSPS) is 12.9. The molecule has 0 aliphatic heterocycles. The van der Waals surface area contributed by atoms with Crippen LogP contribution in [0.25, 0.3) is 110 Å². The molecular formula is C59H40N2. The molecule has 0 fully saturated rings.